The molecule has 1 fully saturated rings. The molecular formula is C20H21NO4Se. The van der Waals surface area contributed by atoms with E-state index < -0.39 is 12.1 Å². The first-order chi connectivity index (χ1) is 12.7. The number of carbonyl (C=O) groups excluding carboxylic acids is 2. The molecule has 6 heteroatoms. The number of hydrogen-bond acceptors (Lipinski definition) is 4. The van der Waals surface area contributed by atoms with E-state index in [1.165, 1.54) is 16.5 Å². The second-order valence-corrected chi connectivity index (χ2v) is 8.90. The van der Waals surface area contributed by atoms with Gasteiger partial charge in [0.1, 0.15) is 0 Å². The van der Waals surface area contributed by atoms with Gasteiger partial charge in [0.05, 0.1) is 0 Å². The number of rotatable bonds is 5. The standard InChI is InChI=1S/C20H21NO4Se/c1-24-19(22)18-12-17(26-16-10-6-3-7-11-16)13-21(18)20(23)25-14-15-8-4-2-5-9-15/h2-11,17-18H,12-14H2,1H3/t17-,18-/m0/s1. The molecule has 1 aliphatic heterocycles. The van der Waals surface area contributed by atoms with Gasteiger partial charge < -0.3 is 0 Å². The summed E-state index contributed by atoms with van der Waals surface area (Å²) >= 11 is 0.183. The normalized spacial score (nSPS) is 19.2. The number of hydrogen-bond donors (Lipinski definition) is 0. The Balaban J connectivity index is 1.64. The molecule has 0 unspecified atom stereocenters. The molecule has 1 heterocycles. The Bertz CT molecular complexity index is 738. The molecule has 5 nitrogen and oxygen atoms in total. The maximum absolute atomic E-state index is 12.6. The van der Waals surface area contributed by atoms with Crippen molar-refractivity contribution in [3.8, 4) is 0 Å². The quantitative estimate of drug-likeness (QED) is 0.553. The van der Waals surface area contributed by atoms with E-state index in [0.717, 1.165) is 5.56 Å². The summed E-state index contributed by atoms with van der Waals surface area (Å²) in [5.74, 6) is -0.381. The van der Waals surface area contributed by atoms with Gasteiger partial charge in [-0.2, -0.15) is 0 Å². The summed E-state index contributed by atoms with van der Waals surface area (Å²) in [4.78, 5) is 26.5. The molecule has 1 amide bonds. The van der Waals surface area contributed by atoms with Crippen molar-refractivity contribution in [3.05, 3.63) is 66.2 Å². The number of methoxy groups -OCH3 is 1. The van der Waals surface area contributed by atoms with Crippen LogP contribution in [0, 0.1) is 0 Å². The molecule has 0 aromatic heterocycles. The minimum atomic E-state index is -0.570. The third-order valence-electron chi connectivity index (χ3n) is 4.22. The zero-order valence-electron chi connectivity index (χ0n) is 14.5. The van der Waals surface area contributed by atoms with Gasteiger partial charge >= 0.3 is 159 Å². The summed E-state index contributed by atoms with van der Waals surface area (Å²) in [5, 5.41) is 0. The average Bonchev–Trinajstić information content (AvgIpc) is 3.11. The van der Waals surface area contributed by atoms with Crippen molar-refractivity contribution in [2.75, 3.05) is 13.7 Å². The van der Waals surface area contributed by atoms with Crippen LogP contribution in [0.25, 0.3) is 0 Å². The fraction of sp³-hybridized carbons (Fsp3) is 0.300. The van der Waals surface area contributed by atoms with E-state index in [4.69, 9.17) is 9.47 Å². The van der Waals surface area contributed by atoms with Gasteiger partial charge in [-0.05, 0) is 0 Å². The van der Waals surface area contributed by atoms with Crippen molar-refractivity contribution in [1.29, 1.82) is 0 Å². The fourth-order valence-corrected chi connectivity index (χ4v) is 5.48. The van der Waals surface area contributed by atoms with Gasteiger partial charge in [-0.25, -0.2) is 0 Å². The predicted octanol–water partition coefficient (Wildman–Crippen LogP) is 2.39. The third-order valence-corrected chi connectivity index (χ3v) is 6.78. The molecule has 0 spiro atoms. The number of benzene rings is 2. The van der Waals surface area contributed by atoms with Crippen LogP contribution in [0.4, 0.5) is 4.79 Å². The van der Waals surface area contributed by atoms with Crippen molar-refractivity contribution in [3.63, 3.8) is 0 Å². The SMILES string of the molecule is COC(=O)[C@@H]1C[C@H]([Se]c2ccccc2)CN1C(=O)OCc1ccccc1. The first-order valence-corrected chi connectivity index (χ1v) is 10.3. The summed E-state index contributed by atoms with van der Waals surface area (Å²) in [6.45, 7) is 0.709. The van der Waals surface area contributed by atoms with Crippen LogP contribution >= 0.6 is 0 Å². The molecule has 136 valence electrons. The number of amides is 1. The van der Waals surface area contributed by atoms with E-state index in [9.17, 15) is 9.59 Å². The molecule has 3 rings (SSSR count). The van der Waals surface area contributed by atoms with E-state index >= 15 is 0 Å². The number of carbonyl (C=O) groups is 2. The Morgan fingerprint density at radius 3 is 2.38 bits per heavy atom. The molecule has 0 N–H and O–H groups in total. The Hall–Kier alpha value is -2.30. The first kappa shape index (κ1) is 18.5. The zero-order valence-corrected chi connectivity index (χ0v) is 16.3. The molecule has 0 radical (unpaired) electrons. The monoisotopic (exact) mass is 419 g/mol. The van der Waals surface area contributed by atoms with Crippen LogP contribution in [0.1, 0.15) is 12.0 Å². The second kappa shape index (κ2) is 8.88. The number of likely N-dealkylation sites (tertiary alicyclic amines) is 1. The Morgan fingerprint density at radius 1 is 1.08 bits per heavy atom. The van der Waals surface area contributed by atoms with Crippen molar-refractivity contribution in [1.82, 2.24) is 4.90 Å². The van der Waals surface area contributed by atoms with E-state index in [1.807, 2.05) is 48.5 Å². The van der Waals surface area contributed by atoms with Gasteiger partial charge in [0, 0.05) is 0 Å². The van der Waals surface area contributed by atoms with E-state index in [-0.39, 0.29) is 32.3 Å². The molecule has 0 bridgehead atoms. The predicted molar refractivity (Wildman–Crippen MR) is 99.3 cm³/mol. The van der Waals surface area contributed by atoms with Crippen LogP contribution in [0.15, 0.2) is 60.7 Å². The van der Waals surface area contributed by atoms with Crippen LogP contribution in [-0.4, -0.2) is 51.6 Å². The van der Waals surface area contributed by atoms with E-state index in [0.29, 0.717) is 13.0 Å². The van der Waals surface area contributed by atoms with Gasteiger partial charge in [-0.3, -0.25) is 0 Å². The third kappa shape index (κ3) is 4.65. The number of nitrogens with zero attached hydrogens (tertiary/aromatic N) is 1. The molecule has 1 saturated heterocycles. The molecule has 2 atom stereocenters. The van der Waals surface area contributed by atoms with Crippen LogP contribution in [0.3, 0.4) is 0 Å². The Kier molecular flexibility index (Phi) is 6.31. The zero-order chi connectivity index (χ0) is 18.4. The van der Waals surface area contributed by atoms with Crippen molar-refractivity contribution < 1.29 is 19.1 Å². The van der Waals surface area contributed by atoms with E-state index in [2.05, 4.69) is 12.1 Å². The second-order valence-electron chi connectivity index (χ2n) is 6.02. The van der Waals surface area contributed by atoms with Crippen molar-refractivity contribution in [2.45, 2.75) is 23.9 Å². The summed E-state index contributed by atoms with van der Waals surface area (Å²) < 4.78 is 11.6. The first-order valence-electron chi connectivity index (χ1n) is 8.44. The molecule has 0 saturated carbocycles. The summed E-state index contributed by atoms with van der Waals surface area (Å²) in [5.41, 5.74) is 0.916. The Labute approximate surface area is 159 Å². The summed E-state index contributed by atoms with van der Waals surface area (Å²) in [6, 6.07) is 19.1. The van der Waals surface area contributed by atoms with Gasteiger partial charge in [-0.1, -0.05) is 0 Å². The maximum atomic E-state index is 12.6. The number of esters is 1. The number of ether oxygens (including phenoxy) is 2. The van der Waals surface area contributed by atoms with Gasteiger partial charge in [0.25, 0.3) is 0 Å². The summed E-state index contributed by atoms with van der Waals surface area (Å²) in [6.07, 6.45) is 0.151. The van der Waals surface area contributed by atoms with E-state index in [1.54, 1.807) is 0 Å². The van der Waals surface area contributed by atoms with Crippen molar-refractivity contribution >= 4 is 31.5 Å². The molecular weight excluding hydrogens is 397 g/mol. The average molecular weight is 418 g/mol. The molecule has 0 aliphatic carbocycles. The van der Waals surface area contributed by atoms with Crippen LogP contribution < -0.4 is 4.46 Å². The van der Waals surface area contributed by atoms with Crippen molar-refractivity contribution in [2.24, 2.45) is 0 Å². The molecule has 2 aromatic rings. The van der Waals surface area contributed by atoms with Gasteiger partial charge in [-0.15, -0.1) is 0 Å². The molecule has 1 aliphatic rings. The molecule has 26 heavy (non-hydrogen) atoms. The van der Waals surface area contributed by atoms with Crippen LogP contribution in [0.2, 0.25) is 4.82 Å². The topological polar surface area (TPSA) is 55.8 Å². The van der Waals surface area contributed by atoms with Gasteiger partial charge in [0.2, 0.25) is 0 Å². The Morgan fingerprint density at radius 2 is 1.73 bits per heavy atom. The minimum absolute atomic E-state index is 0.183. The van der Waals surface area contributed by atoms with Crippen LogP contribution in [-0.2, 0) is 20.9 Å². The molecule has 2 aromatic carbocycles. The van der Waals surface area contributed by atoms with Crippen LogP contribution in [0.5, 0.6) is 0 Å². The van der Waals surface area contributed by atoms with Gasteiger partial charge in [0.15, 0.2) is 0 Å². The fourth-order valence-electron chi connectivity index (χ4n) is 2.94. The summed E-state index contributed by atoms with van der Waals surface area (Å²) in [7, 11) is 1.35.